The highest BCUT2D eigenvalue weighted by molar-refractivity contribution is 7.98. The Bertz CT molecular complexity index is 997. The van der Waals surface area contributed by atoms with Crippen molar-refractivity contribution >= 4 is 17.7 Å². The van der Waals surface area contributed by atoms with Crippen LogP contribution >= 0.6 is 11.8 Å². The van der Waals surface area contributed by atoms with Gasteiger partial charge in [-0.2, -0.15) is 5.10 Å². The SMILES string of the molecule is CCCCN1C(=O)c2[nH]nc(-c3ccccc3O)c2C1c1ccc(SC)cc1. The fourth-order valence-corrected chi connectivity index (χ4v) is 4.18. The van der Waals surface area contributed by atoms with E-state index in [1.54, 1.807) is 23.9 Å². The molecule has 3 aromatic rings. The number of hydrogen-bond donors (Lipinski definition) is 2. The van der Waals surface area contributed by atoms with E-state index in [2.05, 4.69) is 41.4 Å². The number of unbranched alkanes of at least 4 members (excludes halogenated alkanes) is 1. The number of carbonyl (C=O) groups is 1. The fraction of sp³-hybridized carbons (Fsp3) is 0.273. The van der Waals surface area contributed by atoms with E-state index in [1.165, 1.54) is 4.90 Å². The molecule has 1 aliphatic heterocycles. The first-order valence-corrected chi connectivity index (χ1v) is 10.7. The van der Waals surface area contributed by atoms with E-state index in [9.17, 15) is 9.90 Å². The highest BCUT2D eigenvalue weighted by Crippen LogP contribution is 2.44. The first-order chi connectivity index (χ1) is 13.7. The molecule has 28 heavy (non-hydrogen) atoms. The molecule has 2 heterocycles. The summed E-state index contributed by atoms with van der Waals surface area (Å²) in [6, 6.07) is 15.2. The lowest BCUT2D eigenvalue weighted by molar-refractivity contribution is 0.0741. The van der Waals surface area contributed by atoms with Crippen molar-refractivity contribution in [3.8, 4) is 17.0 Å². The van der Waals surface area contributed by atoms with Gasteiger partial charge < -0.3 is 10.0 Å². The van der Waals surface area contributed by atoms with Crippen LogP contribution in [0.3, 0.4) is 0 Å². The van der Waals surface area contributed by atoms with Crippen LogP contribution in [-0.2, 0) is 0 Å². The Morgan fingerprint density at radius 1 is 1.18 bits per heavy atom. The molecule has 6 heteroatoms. The van der Waals surface area contributed by atoms with Gasteiger partial charge in [0.1, 0.15) is 17.1 Å². The van der Waals surface area contributed by atoms with Gasteiger partial charge in [0.25, 0.3) is 5.91 Å². The van der Waals surface area contributed by atoms with Gasteiger partial charge in [-0.15, -0.1) is 11.8 Å². The summed E-state index contributed by atoms with van der Waals surface area (Å²) in [5.41, 5.74) is 3.70. The molecule has 0 saturated heterocycles. The van der Waals surface area contributed by atoms with Gasteiger partial charge in [-0.25, -0.2) is 0 Å². The molecule has 1 unspecified atom stereocenters. The maximum Gasteiger partial charge on any atom is 0.273 e. The van der Waals surface area contributed by atoms with Crippen LogP contribution < -0.4 is 0 Å². The van der Waals surface area contributed by atoms with Gasteiger partial charge >= 0.3 is 0 Å². The number of benzene rings is 2. The van der Waals surface area contributed by atoms with Crippen LogP contribution in [0.4, 0.5) is 0 Å². The maximum absolute atomic E-state index is 13.1. The van der Waals surface area contributed by atoms with E-state index in [0.29, 0.717) is 23.5 Å². The molecule has 1 aliphatic rings. The number of nitrogens with one attached hydrogen (secondary N) is 1. The molecule has 0 spiro atoms. The van der Waals surface area contributed by atoms with Gasteiger partial charge in [0, 0.05) is 22.6 Å². The summed E-state index contributed by atoms with van der Waals surface area (Å²) in [6.45, 7) is 2.81. The van der Waals surface area contributed by atoms with Crippen molar-refractivity contribution in [3.05, 3.63) is 65.4 Å². The highest BCUT2D eigenvalue weighted by atomic mass is 32.2. The van der Waals surface area contributed by atoms with Crippen molar-refractivity contribution in [3.63, 3.8) is 0 Å². The van der Waals surface area contributed by atoms with Crippen molar-refractivity contribution in [2.75, 3.05) is 12.8 Å². The second-order valence-electron chi connectivity index (χ2n) is 6.91. The van der Waals surface area contributed by atoms with Crippen LogP contribution in [0.25, 0.3) is 11.3 Å². The number of rotatable bonds is 6. The molecule has 1 atom stereocenters. The summed E-state index contributed by atoms with van der Waals surface area (Å²) in [6.07, 6.45) is 4.00. The Morgan fingerprint density at radius 3 is 2.61 bits per heavy atom. The van der Waals surface area contributed by atoms with E-state index >= 15 is 0 Å². The van der Waals surface area contributed by atoms with Gasteiger partial charge in [-0.05, 0) is 42.5 Å². The highest BCUT2D eigenvalue weighted by Gasteiger charge is 2.42. The zero-order valence-corrected chi connectivity index (χ0v) is 16.8. The lowest BCUT2D eigenvalue weighted by Gasteiger charge is -2.26. The predicted octanol–water partition coefficient (Wildman–Crippen LogP) is 4.85. The number of aromatic amines is 1. The number of carbonyl (C=O) groups excluding carboxylic acids is 1. The molecule has 2 aromatic carbocycles. The summed E-state index contributed by atoms with van der Waals surface area (Å²) in [5, 5.41) is 17.7. The van der Waals surface area contributed by atoms with E-state index in [0.717, 1.165) is 24.0 Å². The summed E-state index contributed by atoms with van der Waals surface area (Å²) in [4.78, 5) is 16.2. The monoisotopic (exact) mass is 393 g/mol. The second-order valence-corrected chi connectivity index (χ2v) is 7.79. The molecule has 4 rings (SSSR count). The Hall–Kier alpha value is -2.73. The van der Waals surface area contributed by atoms with Crippen LogP contribution in [0.2, 0.25) is 0 Å². The van der Waals surface area contributed by atoms with Crippen molar-refractivity contribution < 1.29 is 9.90 Å². The second kappa shape index (κ2) is 7.72. The van der Waals surface area contributed by atoms with Crippen molar-refractivity contribution in [1.82, 2.24) is 15.1 Å². The number of H-pyrrole nitrogens is 1. The Labute approximate surface area is 168 Å². The minimum Gasteiger partial charge on any atom is -0.507 e. The number of amides is 1. The Kier molecular flexibility index (Phi) is 5.13. The number of aromatic hydroxyl groups is 1. The van der Waals surface area contributed by atoms with Crippen LogP contribution in [0.1, 0.15) is 47.4 Å². The largest absolute Gasteiger partial charge is 0.507 e. The van der Waals surface area contributed by atoms with Gasteiger partial charge in [0.2, 0.25) is 0 Å². The first kappa shape index (κ1) is 18.6. The average Bonchev–Trinajstić information content (AvgIpc) is 3.26. The van der Waals surface area contributed by atoms with Crippen LogP contribution in [0, 0.1) is 0 Å². The third kappa shape index (κ3) is 3.07. The predicted molar refractivity (Wildman–Crippen MR) is 112 cm³/mol. The Morgan fingerprint density at radius 2 is 1.93 bits per heavy atom. The number of para-hydroxylation sites is 1. The van der Waals surface area contributed by atoms with E-state index in [1.807, 2.05) is 23.3 Å². The smallest absolute Gasteiger partial charge is 0.273 e. The van der Waals surface area contributed by atoms with Gasteiger partial charge in [-0.3, -0.25) is 9.89 Å². The van der Waals surface area contributed by atoms with Crippen molar-refractivity contribution in [2.24, 2.45) is 0 Å². The Balaban J connectivity index is 1.86. The summed E-state index contributed by atoms with van der Waals surface area (Å²) < 4.78 is 0. The number of phenols is 1. The van der Waals surface area contributed by atoms with E-state index in [-0.39, 0.29) is 17.7 Å². The molecule has 5 nitrogen and oxygen atoms in total. The molecule has 0 saturated carbocycles. The zero-order chi connectivity index (χ0) is 19.7. The van der Waals surface area contributed by atoms with Gasteiger partial charge in [-0.1, -0.05) is 37.6 Å². The number of phenolic OH excluding ortho intramolecular Hbond substituents is 1. The van der Waals surface area contributed by atoms with Gasteiger partial charge in [0.15, 0.2) is 0 Å². The molecular weight excluding hydrogens is 370 g/mol. The summed E-state index contributed by atoms with van der Waals surface area (Å²) >= 11 is 1.69. The molecule has 0 fully saturated rings. The number of nitrogens with zero attached hydrogens (tertiary/aromatic N) is 2. The third-order valence-corrected chi connectivity index (χ3v) is 5.95. The lowest BCUT2D eigenvalue weighted by atomic mass is 9.95. The topological polar surface area (TPSA) is 69.2 Å². The number of aromatic nitrogens is 2. The van der Waals surface area contributed by atoms with Crippen molar-refractivity contribution in [1.29, 1.82) is 0 Å². The molecule has 2 N–H and O–H groups in total. The van der Waals surface area contributed by atoms with Gasteiger partial charge in [0.05, 0.1) is 6.04 Å². The third-order valence-electron chi connectivity index (χ3n) is 5.21. The zero-order valence-electron chi connectivity index (χ0n) is 16.0. The van der Waals surface area contributed by atoms with Crippen LogP contribution in [0.15, 0.2) is 53.4 Å². The molecule has 1 amide bonds. The molecule has 0 aliphatic carbocycles. The molecule has 1 aromatic heterocycles. The normalized spacial score (nSPS) is 15.9. The molecule has 0 radical (unpaired) electrons. The summed E-state index contributed by atoms with van der Waals surface area (Å²) in [7, 11) is 0. The first-order valence-electron chi connectivity index (χ1n) is 9.47. The number of hydrogen-bond acceptors (Lipinski definition) is 4. The molecule has 0 bridgehead atoms. The quantitative estimate of drug-likeness (QED) is 0.588. The average molecular weight is 394 g/mol. The number of thioether (sulfide) groups is 1. The maximum atomic E-state index is 13.1. The summed E-state index contributed by atoms with van der Waals surface area (Å²) in [5.74, 6) is 0.129. The minimum atomic E-state index is -0.210. The standard InChI is InChI=1S/C22H23N3O2S/c1-3-4-13-25-21(14-9-11-15(28-2)12-10-14)18-19(23-24-20(18)22(25)27)16-7-5-6-8-17(16)26/h5-12,21,26H,3-4,13H2,1-2H3,(H,23,24). The molecule has 144 valence electrons. The van der Waals surface area contributed by atoms with E-state index in [4.69, 9.17) is 0 Å². The fourth-order valence-electron chi connectivity index (χ4n) is 3.77. The van der Waals surface area contributed by atoms with E-state index < -0.39 is 0 Å². The lowest BCUT2D eigenvalue weighted by Crippen LogP contribution is -2.30. The number of fused-ring (bicyclic) bond motifs is 1. The minimum absolute atomic E-state index is 0.0310. The van der Waals surface area contributed by atoms with Crippen LogP contribution in [-0.4, -0.2) is 38.9 Å². The van der Waals surface area contributed by atoms with Crippen LogP contribution in [0.5, 0.6) is 5.75 Å². The van der Waals surface area contributed by atoms with Crippen molar-refractivity contribution in [2.45, 2.75) is 30.7 Å². The molecular formula is C22H23N3O2S.